The van der Waals surface area contributed by atoms with Crippen molar-refractivity contribution in [2.75, 3.05) is 27.2 Å². The van der Waals surface area contributed by atoms with Crippen molar-refractivity contribution in [3.8, 4) is 0 Å². The van der Waals surface area contributed by atoms with Crippen LogP contribution in [-0.4, -0.2) is 52.5 Å². The monoisotopic (exact) mass is 337 g/mol. The molecule has 1 aromatic carbocycles. The summed E-state index contributed by atoms with van der Waals surface area (Å²) in [5, 5.41) is 3.11. The lowest BCUT2D eigenvalue weighted by molar-refractivity contribution is -0.126. The second kappa shape index (κ2) is 7.72. The summed E-state index contributed by atoms with van der Waals surface area (Å²) in [4.78, 5) is 14.4. The van der Waals surface area contributed by atoms with Crippen LogP contribution in [0.3, 0.4) is 0 Å². The van der Waals surface area contributed by atoms with Gasteiger partial charge in [0.05, 0.1) is 4.90 Å². The Hall–Kier alpha value is -1.70. The fourth-order valence-corrected chi connectivity index (χ4v) is 3.44. The van der Waals surface area contributed by atoms with E-state index in [9.17, 15) is 13.2 Å². The van der Waals surface area contributed by atoms with Crippen molar-refractivity contribution in [2.24, 2.45) is 0 Å². The Kier molecular flexibility index (Phi) is 5.92. The number of hydrogen-bond acceptors (Lipinski definition) is 4. The first kappa shape index (κ1) is 17.7. The zero-order chi connectivity index (χ0) is 16.9. The average Bonchev–Trinajstić information content (AvgIpc) is 3.02. The highest BCUT2D eigenvalue weighted by Gasteiger charge is 2.26. The summed E-state index contributed by atoms with van der Waals surface area (Å²) >= 11 is 0. The van der Waals surface area contributed by atoms with Crippen LogP contribution in [0.15, 0.2) is 35.2 Å². The number of benzene rings is 1. The molecular weight excluding hydrogens is 314 g/mol. The van der Waals surface area contributed by atoms with Crippen LogP contribution in [0.2, 0.25) is 0 Å². The van der Waals surface area contributed by atoms with E-state index in [2.05, 4.69) is 10.0 Å². The van der Waals surface area contributed by atoms with Crippen molar-refractivity contribution in [3.63, 3.8) is 0 Å². The third kappa shape index (κ3) is 4.40. The van der Waals surface area contributed by atoms with E-state index in [1.54, 1.807) is 24.3 Å². The largest absolute Gasteiger partial charge is 0.335 e. The number of nitrogens with one attached hydrogen (secondary N) is 2. The van der Waals surface area contributed by atoms with E-state index in [0.717, 1.165) is 31.5 Å². The molecule has 0 aromatic heterocycles. The highest BCUT2D eigenvalue weighted by molar-refractivity contribution is 7.89. The highest BCUT2D eigenvalue weighted by atomic mass is 32.2. The molecule has 126 valence electrons. The van der Waals surface area contributed by atoms with E-state index in [4.69, 9.17) is 0 Å². The quantitative estimate of drug-likeness (QED) is 0.753. The molecule has 1 aromatic rings. The summed E-state index contributed by atoms with van der Waals surface area (Å²) in [7, 11) is -0.168. The minimum Gasteiger partial charge on any atom is -0.335 e. The topological polar surface area (TPSA) is 78.5 Å². The predicted molar refractivity (Wildman–Crippen MR) is 90.4 cm³/mol. The Labute approximate surface area is 137 Å². The van der Waals surface area contributed by atoms with Crippen LogP contribution in [0, 0.1) is 0 Å². The van der Waals surface area contributed by atoms with Gasteiger partial charge in [0.2, 0.25) is 15.9 Å². The summed E-state index contributed by atoms with van der Waals surface area (Å²) in [5.74, 6) is -0.00493. The second-order valence-corrected chi connectivity index (χ2v) is 7.38. The van der Waals surface area contributed by atoms with Gasteiger partial charge in [0, 0.05) is 25.2 Å². The zero-order valence-corrected chi connectivity index (χ0v) is 14.3. The average molecular weight is 337 g/mol. The lowest BCUT2D eigenvalue weighted by atomic mass is 10.2. The Bertz CT molecular complexity index is 668. The van der Waals surface area contributed by atoms with E-state index >= 15 is 0 Å². The first-order valence-electron chi connectivity index (χ1n) is 7.65. The molecule has 0 spiro atoms. The van der Waals surface area contributed by atoms with E-state index in [1.807, 2.05) is 11.9 Å². The molecule has 1 fully saturated rings. The molecule has 2 N–H and O–H groups in total. The van der Waals surface area contributed by atoms with E-state index < -0.39 is 10.0 Å². The molecule has 1 atom stereocenters. The molecule has 2 rings (SSSR count). The molecule has 0 aliphatic carbocycles. The highest BCUT2D eigenvalue weighted by Crippen LogP contribution is 2.17. The maximum absolute atomic E-state index is 12.3. The van der Waals surface area contributed by atoms with Gasteiger partial charge in [0.15, 0.2) is 0 Å². The number of carbonyl (C=O) groups is 1. The van der Waals surface area contributed by atoms with Gasteiger partial charge < -0.3 is 10.2 Å². The van der Waals surface area contributed by atoms with Crippen LogP contribution < -0.4 is 10.0 Å². The van der Waals surface area contributed by atoms with Crippen LogP contribution in [0.4, 0.5) is 0 Å². The molecule has 7 heteroatoms. The van der Waals surface area contributed by atoms with Gasteiger partial charge in [-0.25, -0.2) is 13.1 Å². The maximum atomic E-state index is 12.3. The molecule has 0 radical (unpaired) electrons. The third-order valence-corrected chi connectivity index (χ3v) is 5.41. The van der Waals surface area contributed by atoms with Crippen molar-refractivity contribution in [1.82, 2.24) is 14.9 Å². The molecule has 1 amide bonds. The molecule has 0 bridgehead atoms. The van der Waals surface area contributed by atoms with Crippen molar-refractivity contribution < 1.29 is 13.2 Å². The number of hydrogen-bond donors (Lipinski definition) is 2. The van der Waals surface area contributed by atoms with E-state index in [1.165, 1.54) is 19.2 Å². The molecule has 0 saturated carbocycles. The van der Waals surface area contributed by atoms with E-state index in [-0.39, 0.29) is 16.8 Å². The van der Waals surface area contributed by atoms with Crippen molar-refractivity contribution >= 4 is 22.0 Å². The van der Waals surface area contributed by atoms with Gasteiger partial charge in [0.25, 0.3) is 0 Å². The minimum absolute atomic E-state index is 0.00493. The SMILES string of the molecule is CNCC1CCCN1C(=O)C=Cc1ccc(S(=O)(=O)NC)cc1. The van der Waals surface area contributed by atoms with Crippen LogP contribution >= 0.6 is 0 Å². The zero-order valence-electron chi connectivity index (χ0n) is 13.5. The molecule has 1 saturated heterocycles. The smallest absolute Gasteiger partial charge is 0.246 e. The van der Waals surface area contributed by atoms with Gasteiger partial charge in [-0.05, 0) is 50.7 Å². The molecule has 1 heterocycles. The van der Waals surface area contributed by atoms with Crippen molar-refractivity contribution in [3.05, 3.63) is 35.9 Å². The van der Waals surface area contributed by atoms with Crippen molar-refractivity contribution in [1.29, 1.82) is 0 Å². The summed E-state index contributed by atoms with van der Waals surface area (Å²) in [6.07, 6.45) is 5.32. The first-order chi connectivity index (χ1) is 11.0. The lowest BCUT2D eigenvalue weighted by Gasteiger charge is -2.23. The number of likely N-dealkylation sites (N-methyl/N-ethyl adjacent to an activating group) is 1. The molecule has 1 aliphatic heterocycles. The summed E-state index contributed by atoms with van der Waals surface area (Å²) < 4.78 is 25.6. The minimum atomic E-state index is -3.43. The van der Waals surface area contributed by atoms with Gasteiger partial charge in [-0.1, -0.05) is 12.1 Å². The Morgan fingerprint density at radius 3 is 2.61 bits per heavy atom. The maximum Gasteiger partial charge on any atom is 0.246 e. The molecule has 1 aliphatic rings. The Morgan fingerprint density at radius 1 is 1.30 bits per heavy atom. The number of amides is 1. The number of nitrogens with zero attached hydrogens (tertiary/aromatic N) is 1. The number of likely N-dealkylation sites (tertiary alicyclic amines) is 1. The van der Waals surface area contributed by atoms with Gasteiger partial charge in [-0.2, -0.15) is 0 Å². The summed E-state index contributed by atoms with van der Waals surface area (Å²) in [6, 6.07) is 6.66. The van der Waals surface area contributed by atoms with Crippen LogP contribution in [0.5, 0.6) is 0 Å². The summed E-state index contributed by atoms with van der Waals surface area (Å²) in [6.45, 7) is 1.59. The van der Waals surface area contributed by atoms with E-state index in [0.29, 0.717) is 0 Å². The number of sulfonamides is 1. The Balaban J connectivity index is 2.04. The van der Waals surface area contributed by atoms with Gasteiger partial charge >= 0.3 is 0 Å². The van der Waals surface area contributed by atoms with Crippen LogP contribution in [0.25, 0.3) is 6.08 Å². The van der Waals surface area contributed by atoms with Gasteiger partial charge in [-0.3, -0.25) is 4.79 Å². The number of rotatable bonds is 6. The van der Waals surface area contributed by atoms with Crippen LogP contribution in [0.1, 0.15) is 18.4 Å². The van der Waals surface area contributed by atoms with Crippen LogP contribution in [-0.2, 0) is 14.8 Å². The molecular formula is C16H23N3O3S. The molecule has 6 nitrogen and oxygen atoms in total. The summed E-state index contributed by atoms with van der Waals surface area (Å²) in [5.41, 5.74) is 0.790. The molecule has 23 heavy (non-hydrogen) atoms. The van der Waals surface area contributed by atoms with Gasteiger partial charge in [-0.15, -0.1) is 0 Å². The normalized spacial score (nSPS) is 18.7. The third-order valence-electron chi connectivity index (χ3n) is 3.98. The standard InChI is InChI=1S/C16H23N3O3S/c1-17-12-14-4-3-11-19(14)16(20)10-7-13-5-8-15(9-6-13)23(21,22)18-2/h5-10,14,17-18H,3-4,11-12H2,1-2H3. The second-order valence-electron chi connectivity index (χ2n) is 5.50. The molecule has 1 unspecified atom stereocenters. The first-order valence-corrected chi connectivity index (χ1v) is 9.13. The van der Waals surface area contributed by atoms with Crippen molar-refractivity contribution in [2.45, 2.75) is 23.8 Å². The predicted octanol–water partition coefficient (Wildman–Crippen LogP) is 0.818. The Morgan fingerprint density at radius 2 is 2.00 bits per heavy atom. The number of carbonyl (C=O) groups excluding carboxylic acids is 1. The van der Waals surface area contributed by atoms with Gasteiger partial charge in [0.1, 0.15) is 0 Å². The fourth-order valence-electron chi connectivity index (χ4n) is 2.71. The fraction of sp³-hybridized carbons (Fsp3) is 0.438. The lowest BCUT2D eigenvalue weighted by Crippen LogP contribution is -2.39.